The SMILES string of the molecule is CCCCN(CC)c1ccc(/C=N/NC(=S)Nc2cccc(Cl)c2C)cc1. The smallest absolute Gasteiger partial charge is 0.191 e. The Morgan fingerprint density at radius 2 is 1.93 bits per heavy atom. The molecule has 0 aliphatic carbocycles. The highest BCUT2D eigenvalue weighted by molar-refractivity contribution is 7.80. The Labute approximate surface area is 172 Å². The van der Waals surface area contributed by atoms with Crippen molar-refractivity contribution in [3.63, 3.8) is 0 Å². The lowest BCUT2D eigenvalue weighted by Gasteiger charge is -2.22. The summed E-state index contributed by atoms with van der Waals surface area (Å²) >= 11 is 11.4. The van der Waals surface area contributed by atoms with Crippen LogP contribution in [-0.2, 0) is 0 Å². The first-order valence-electron chi connectivity index (χ1n) is 9.25. The second-order valence-corrected chi connectivity index (χ2v) is 7.08. The van der Waals surface area contributed by atoms with Crippen molar-refractivity contribution in [1.29, 1.82) is 0 Å². The minimum atomic E-state index is 0.421. The molecule has 0 spiro atoms. The molecule has 0 radical (unpaired) electrons. The molecule has 0 unspecified atom stereocenters. The Morgan fingerprint density at radius 1 is 1.19 bits per heavy atom. The van der Waals surface area contributed by atoms with E-state index < -0.39 is 0 Å². The van der Waals surface area contributed by atoms with Crippen LogP contribution in [0, 0.1) is 6.92 Å². The Morgan fingerprint density at radius 3 is 2.59 bits per heavy atom. The first-order valence-corrected chi connectivity index (χ1v) is 10.0. The highest BCUT2D eigenvalue weighted by atomic mass is 35.5. The van der Waals surface area contributed by atoms with E-state index in [-0.39, 0.29) is 0 Å². The van der Waals surface area contributed by atoms with Gasteiger partial charge in [0.15, 0.2) is 5.11 Å². The van der Waals surface area contributed by atoms with Gasteiger partial charge in [-0.1, -0.05) is 43.1 Å². The van der Waals surface area contributed by atoms with Gasteiger partial charge in [-0.3, -0.25) is 5.43 Å². The molecule has 6 heteroatoms. The van der Waals surface area contributed by atoms with Gasteiger partial charge in [0.05, 0.1) is 6.21 Å². The zero-order valence-corrected chi connectivity index (χ0v) is 17.7. The number of hydrazone groups is 1. The van der Waals surface area contributed by atoms with Gasteiger partial charge < -0.3 is 10.2 Å². The van der Waals surface area contributed by atoms with Crippen LogP contribution in [0.2, 0.25) is 5.02 Å². The predicted molar refractivity (Wildman–Crippen MR) is 122 cm³/mol. The average molecular weight is 403 g/mol. The van der Waals surface area contributed by atoms with Crippen LogP contribution in [0.1, 0.15) is 37.8 Å². The average Bonchev–Trinajstić information content (AvgIpc) is 2.67. The first-order chi connectivity index (χ1) is 13.0. The summed E-state index contributed by atoms with van der Waals surface area (Å²) in [5, 5.41) is 8.43. The number of hydrogen-bond acceptors (Lipinski definition) is 3. The maximum absolute atomic E-state index is 6.12. The van der Waals surface area contributed by atoms with Crippen molar-refractivity contribution in [3.05, 3.63) is 58.6 Å². The largest absolute Gasteiger partial charge is 0.372 e. The molecule has 0 fully saturated rings. The lowest BCUT2D eigenvalue weighted by Crippen LogP contribution is -2.24. The van der Waals surface area contributed by atoms with Gasteiger partial charge >= 0.3 is 0 Å². The zero-order chi connectivity index (χ0) is 19.6. The summed E-state index contributed by atoms with van der Waals surface area (Å²) in [5.41, 5.74) is 6.91. The molecule has 0 aliphatic heterocycles. The van der Waals surface area contributed by atoms with Crippen molar-refractivity contribution >= 4 is 46.5 Å². The number of nitrogens with one attached hydrogen (secondary N) is 2. The molecular formula is C21H27ClN4S. The van der Waals surface area contributed by atoms with Gasteiger partial charge in [-0.05, 0) is 67.9 Å². The lowest BCUT2D eigenvalue weighted by atomic mass is 10.2. The normalized spacial score (nSPS) is 10.8. The van der Waals surface area contributed by atoms with Crippen LogP contribution in [0.15, 0.2) is 47.6 Å². The second-order valence-electron chi connectivity index (χ2n) is 6.26. The van der Waals surface area contributed by atoms with Crippen molar-refractivity contribution in [1.82, 2.24) is 5.43 Å². The number of benzene rings is 2. The summed E-state index contributed by atoms with van der Waals surface area (Å²) < 4.78 is 0. The predicted octanol–water partition coefficient (Wildman–Crippen LogP) is 5.60. The number of nitrogens with zero attached hydrogens (tertiary/aromatic N) is 2. The van der Waals surface area contributed by atoms with Crippen LogP contribution in [0.3, 0.4) is 0 Å². The van der Waals surface area contributed by atoms with Gasteiger partial charge in [-0.2, -0.15) is 5.10 Å². The Balaban J connectivity index is 1.90. The lowest BCUT2D eigenvalue weighted by molar-refractivity contribution is 0.732. The van der Waals surface area contributed by atoms with Crippen molar-refractivity contribution < 1.29 is 0 Å². The molecule has 0 saturated carbocycles. The molecule has 0 amide bonds. The van der Waals surface area contributed by atoms with Crippen LogP contribution < -0.4 is 15.6 Å². The summed E-state index contributed by atoms with van der Waals surface area (Å²) in [6, 6.07) is 14.0. The van der Waals surface area contributed by atoms with Crippen molar-refractivity contribution in [2.75, 3.05) is 23.3 Å². The summed E-state index contributed by atoms with van der Waals surface area (Å²) in [6.07, 6.45) is 4.16. The van der Waals surface area contributed by atoms with Gasteiger partial charge in [0.1, 0.15) is 0 Å². The number of hydrogen-bond donors (Lipinski definition) is 2. The molecule has 0 bridgehead atoms. The highest BCUT2D eigenvalue weighted by Crippen LogP contribution is 2.22. The summed E-state index contributed by atoms with van der Waals surface area (Å²) in [7, 11) is 0. The van der Waals surface area contributed by atoms with Crippen LogP contribution in [0.25, 0.3) is 0 Å². The van der Waals surface area contributed by atoms with Crippen LogP contribution in [0.5, 0.6) is 0 Å². The minimum Gasteiger partial charge on any atom is -0.372 e. The zero-order valence-electron chi connectivity index (χ0n) is 16.1. The van der Waals surface area contributed by atoms with E-state index in [0.717, 1.165) is 29.9 Å². The van der Waals surface area contributed by atoms with Gasteiger partial charge in [0.25, 0.3) is 0 Å². The molecule has 27 heavy (non-hydrogen) atoms. The third-order valence-corrected chi connectivity index (χ3v) is 4.92. The maximum Gasteiger partial charge on any atom is 0.191 e. The van der Waals surface area contributed by atoms with E-state index in [0.29, 0.717) is 10.1 Å². The van der Waals surface area contributed by atoms with E-state index in [1.54, 1.807) is 6.21 Å². The monoisotopic (exact) mass is 402 g/mol. The molecule has 2 aromatic rings. The molecule has 0 atom stereocenters. The second kappa shape index (κ2) is 10.9. The Hall–Kier alpha value is -2.11. The van der Waals surface area contributed by atoms with E-state index in [1.807, 2.05) is 25.1 Å². The van der Waals surface area contributed by atoms with E-state index in [4.69, 9.17) is 23.8 Å². The fraction of sp³-hybridized carbons (Fsp3) is 0.333. The fourth-order valence-electron chi connectivity index (χ4n) is 2.65. The van der Waals surface area contributed by atoms with Crippen LogP contribution >= 0.6 is 23.8 Å². The molecule has 2 aromatic carbocycles. The van der Waals surface area contributed by atoms with E-state index in [2.05, 4.69) is 58.9 Å². The number of halogens is 1. The molecule has 0 aliphatic rings. The third-order valence-electron chi connectivity index (χ3n) is 4.32. The van der Waals surface area contributed by atoms with Crippen LogP contribution in [-0.4, -0.2) is 24.4 Å². The van der Waals surface area contributed by atoms with Crippen molar-refractivity contribution in [2.24, 2.45) is 5.10 Å². The van der Waals surface area contributed by atoms with Gasteiger partial charge in [0, 0.05) is 29.5 Å². The van der Waals surface area contributed by atoms with E-state index >= 15 is 0 Å². The molecular weight excluding hydrogens is 376 g/mol. The molecule has 0 aromatic heterocycles. The maximum atomic E-state index is 6.12. The van der Waals surface area contributed by atoms with Gasteiger partial charge in [-0.15, -0.1) is 0 Å². The Kier molecular flexibility index (Phi) is 8.55. The van der Waals surface area contributed by atoms with Crippen LogP contribution in [0.4, 0.5) is 11.4 Å². The summed E-state index contributed by atoms with van der Waals surface area (Å²) in [4.78, 5) is 2.38. The van der Waals surface area contributed by atoms with Crippen molar-refractivity contribution in [3.8, 4) is 0 Å². The summed E-state index contributed by atoms with van der Waals surface area (Å²) in [5.74, 6) is 0. The molecule has 0 heterocycles. The molecule has 0 saturated heterocycles. The minimum absolute atomic E-state index is 0.421. The van der Waals surface area contributed by atoms with E-state index in [9.17, 15) is 0 Å². The van der Waals surface area contributed by atoms with Gasteiger partial charge in [-0.25, -0.2) is 0 Å². The number of anilines is 2. The molecule has 144 valence electrons. The van der Waals surface area contributed by atoms with Gasteiger partial charge in [0.2, 0.25) is 0 Å². The third kappa shape index (κ3) is 6.52. The fourth-order valence-corrected chi connectivity index (χ4v) is 2.99. The highest BCUT2D eigenvalue weighted by Gasteiger charge is 2.04. The van der Waals surface area contributed by atoms with E-state index in [1.165, 1.54) is 18.5 Å². The number of unbranched alkanes of at least 4 members (excludes halogenated alkanes) is 1. The van der Waals surface area contributed by atoms with Crippen molar-refractivity contribution in [2.45, 2.75) is 33.6 Å². The molecule has 4 nitrogen and oxygen atoms in total. The molecule has 2 N–H and O–H groups in total. The molecule has 2 rings (SSSR count). The quantitative estimate of drug-likeness (QED) is 0.342. The summed E-state index contributed by atoms with van der Waals surface area (Å²) in [6.45, 7) is 8.44. The number of rotatable bonds is 8. The Bertz CT molecular complexity index is 774. The first kappa shape index (κ1) is 21.2. The number of thiocarbonyl (C=S) groups is 1. The standard InChI is InChI=1S/C21H27ClN4S/c1-4-6-14-26(5-2)18-12-10-17(11-13-18)15-23-25-21(27)24-20-9-7-8-19(22)16(20)3/h7-13,15H,4-6,14H2,1-3H3,(H2,24,25,27)/b23-15+. The topological polar surface area (TPSA) is 39.7 Å².